The molecular formula is C21H25N3OS. The predicted octanol–water partition coefficient (Wildman–Crippen LogP) is 5.09. The zero-order valence-electron chi connectivity index (χ0n) is 15.8. The van der Waals surface area contributed by atoms with E-state index in [1.807, 2.05) is 0 Å². The third-order valence-corrected chi connectivity index (χ3v) is 5.44. The average molecular weight is 368 g/mol. The van der Waals surface area contributed by atoms with Gasteiger partial charge in [0.15, 0.2) is 11.0 Å². The van der Waals surface area contributed by atoms with Gasteiger partial charge in [-0.25, -0.2) is 0 Å². The largest absolute Gasteiger partial charge is 0.485 e. The highest BCUT2D eigenvalue weighted by molar-refractivity contribution is 7.98. The first-order chi connectivity index (χ1) is 12.6. The Morgan fingerprint density at radius 3 is 2.58 bits per heavy atom. The lowest BCUT2D eigenvalue weighted by Crippen LogP contribution is -2.07. The molecule has 0 radical (unpaired) electrons. The van der Waals surface area contributed by atoms with E-state index < -0.39 is 0 Å². The quantitative estimate of drug-likeness (QED) is 0.545. The van der Waals surface area contributed by atoms with Crippen LogP contribution in [-0.4, -0.2) is 14.8 Å². The normalized spacial score (nSPS) is 10.9. The first-order valence-electron chi connectivity index (χ1n) is 8.88. The zero-order chi connectivity index (χ0) is 18.5. The van der Waals surface area contributed by atoms with Crippen LogP contribution in [0.4, 0.5) is 0 Å². The lowest BCUT2D eigenvalue weighted by Gasteiger charge is -2.11. The molecule has 136 valence electrons. The Balaban J connectivity index is 1.70. The van der Waals surface area contributed by atoms with Crippen LogP contribution in [0.15, 0.2) is 47.6 Å². The Hall–Kier alpha value is -2.27. The molecule has 0 aliphatic heterocycles. The van der Waals surface area contributed by atoms with E-state index in [1.54, 1.807) is 11.8 Å². The van der Waals surface area contributed by atoms with E-state index in [4.69, 9.17) is 4.74 Å². The van der Waals surface area contributed by atoms with Gasteiger partial charge in [-0.1, -0.05) is 48.2 Å². The van der Waals surface area contributed by atoms with Gasteiger partial charge in [-0.15, -0.1) is 10.2 Å². The standard InChI is InChI=1S/C21H25N3OS/c1-5-24-20(13-25-19-12-15(2)10-11-17(19)4)22-23-21(24)26-14-18-9-7-6-8-16(18)3/h6-12H,5,13-14H2,1-4H3. The fourth-order valence-corrected chi connectivity index (χ4v) is 3.87. The van der Waals surface area contributed by atoms with Gasteiger partial charge >= 0.3 is 0 Å². The summed E-state index contributed by atoms with van der Waals surface area (Å²) in [5.74, 6) is 2.66. The second-order valence-electron chi connectivity index (χ2n) is 6.42. The van der Waals surface area contributed by atoms with Gasteiger partial charge in [0.05, 0.1) is 0 Å². The van der Waals surface area contributed by atoms with Crippen LogP contribution in [0.5, 0.6) is 5.75 Å². The maximum Gasteiger partial charge on any atom is 0.191 e. The van der Waals surface area contributed by atoms with Crippen LogP contribution in [0, 0.1) is 20.8 Å². The molecule has 2 aromatic carbocycles. The zero-order valence-corrected chi connectivity index (χ0v) is 16.6. The van der Waals surface area contributed by atoms with Gasteiger partial charge in [-0.05, 0) is 56.0 Å². The Kier molecular flexibility index (Phi) is 5.99. The van der Waals surface area contributed by atoms with Crippen molar-refractivity contribution in [1.82, 2.24) is 14.8 Å². The molecule has 0 amide bonds. The molecule has 0 bridgehead atoms. The van der Waals surface area contributed by atoms with Crippen LogP contribution in [0.25, 0.3) is 0 Å². The number of aryl methyl sites for hydroxylation is 3. The molecule has 1 heterocycles. The van der Waals surface area contributed by atoms with Crippen LogP contribution in [-0.2, 0) is 18.9 Å². The number of hydrogen-bond acceptors (Lipinski definition) is 4. The van der Waals surface area contributed by atoms with Crippen LogP contribution in [0.3, 0.4) is 0 Å². The van der Waals surface area contributed by atoms with Crippen molar-refractivity contribution in [3.63, 3.8) is 0 Å². The highest BCUT2D eigenvalue weighted by Crippen LogP contribution is 2.25. The third kappa shape index (κ3) is 4.28. The topological polar surface area (TPSA) is 39.9 Å². The van der Waals surface area contributed by atoms with Gasteiger partial charge < -0.3 is 9.30 Å². The van der Waals surface area contributed by atoms with E-state index in [-0.39, 0.29) is 0 Å². The first kappa shape index (κ1) is 18.5. The number of aromatic nitrogens is 3. The molecule has 3 rings (SSSR count). The molecule has 0 atom stereocenters. The van der Waals surface area contributed by atoms with Crippen molar-refractivity contribution in [2.75, 3.05) is 0 Å². The van der Waals surface area contributed by atoms with Crippen LogP contribution < -0.4 is 4.74 Å². The first-order valence-corrected chi connectivity index (χ1v) is 9.86. The summed E-state index contributed by atoms with van der Waals surface area (Å²) in [6.45, 7) is 9.64. The molecule has 5 heteroatoms. The number of thioether (sulfide) groups is 1. The van der Waals surface area contributed by atoms with E-state index in [1.165, 1.54) is 16.7 Å². The van der Waals surface area contributed by atoms with E-state index in [0.29, 0.717) is 6.61 Å². The van der Waals surface area contributed by atoms with Crippen LogP contribution in [0.2, 0.25) is 0 Å². The van der Waals surface area contributed by atoms with Gasteiger partial charge in [0, 0.05) is 12.3 Å². The molecule has 0 aliphatic carbocycles. The third-order valence-electron chi connectivity index (χ3n) is 4.43. The summed E-state index contributed by atoms with van der Waals surface area (Å²) < 4.78 is 8.14. The van der Waals surface area contributed by atoms with E-state index in [0.717, 1.165) is 34.6 Å². The Morgan fingerprint density at radius 1 is 1.00 bits per heavy atom. The fourth-order valence-electron chi connectivity index (χ4n) is 2.77. The molecule has 3 aromatic rings. The minimum Gasteiger partial charge on any atom is -0.485 e. The van der Waals surface area contributed by atoms with E-state index >= 15 is 0 Å². The molecule has 0 saturated heterocycles. The summed E-state index contributed by atoms with van der Waals surface area (Å²) in [6, 6.07) is 14.7. The van der Waals surface area contributed by atoms with Gasteiger partial charge in [-0.2, -0.15) is 0 Å². The molecule has 0 spiro atoms. The molecular weight excluding hydrogens is 342 g/mol. The smallest absolute Gasteiger partial charge is 0.191 e. The SMILES string of the molecule is CCn1c(COc2cc(C)ccc2C)nnc1SCc1ccccc1C. The fraction of sp³-hybridized carbons (Fsp3) is 0.333. The lowest BCUT2D eigenvalue weighted by molar-refractivity contribution is 0.286. The summed E-state index contributed by atoms with van der Waals surface area (Å²) in [4.78, 5) is 0. The van der Waals surface area contributed by atoms with E-state index in [9.17, 15) is 0 Å². The molecule has 0 N–H and O–H groups in total. The molecule has 26 heavy (non-hydrogen) atoms. The van der Waals surface area contributed by atoms with Crippen molar-refractivity contribution in [2.45, 2.75) is 51.8 Å². The van der Waals surface area contributed by atoms with Crippen molar-refractivity contribution in [3.05, 3.63) is 70.5 Å². The summed E-state index contributed by atoms with van der Waals surface area (Å²) in [5.41, 5.74) is 4.96. The highest BCUT2D eigenvalue weighted by Gasteiger charge is 2.13. The maximum absolute atomic E-state index is 6.01. The number of benzene rings is 2. The summed E-state index contributed by atoms with van der Waals surface area (Å²) >= 11 is 1.72. The number of rotatable bonds is 7. The number of hydrogen-bond donors (Lipinski definition) is 0. The van der Waals surface area contributed by atoms with Gasteiger partial charge in [0.2, 0.25) is 0 Å². The average Bonchev–Trinajstić information content (AvgIpc) is 3.03. The minimum absolute atomic E-state index is 0.427. The van der Waals surface area contributed by atoms with Crippen molar-refractivity contribution < 1.29 is 4.74 Å². The molecule has 0 fully saturated rings. The van der Waals surface area contributed by atoms with Gasteiger partial charge in [0.1, 0.15) is 12.4 Å². The molecule has 0 aliphatic rings. The summed E-state index contributed by atoms with van der Waals surface area (Å²) in [6.07, 6.45) is 0. The minimum atomic E-state index is 0.427. The molecule has 4 nitrogen and oxygen atoms in total. The number of ether oxygens (including phenoxy) is 1. The van der Waals surface area contributed by atoms with Crippen molar-refractivity contribution in [2.24, 2.45) is 0 Å². The van der Waals surface area contributed by atoms with Crippen LogP contribution in [0.1, 0.15) is 35.0 Å². The van der Waals surface area contributed by atoms with Crippen LogP contribution >= 0.6 is 11.8 Å². The Bertz CT molecular complexity index is 889. The summed E-state index contributed by atoms with van der Waals surface area (Å²) in [5, 5.41) is 9.68. The molecule has 0 saturated carbocycles. The monoisotopic (exact) mass is 367 g/mol. The van der Waals surface area contributed by atoms with Crippen molar-refractivity contribution in [3.8, 4) is 5.75 Å². The van der Waals surface area contributed by atoms with E-state index in [2.05, 4.69) is 84.9 Å². The predicted molar refractivity (Wildman–Crippen MR) is 107 cm³/mol. The maximum atomic E-state index is 6.01. The highest BCUT2D eigenvalue weighted by atomic mass is 32.2. The van der Waals surface area contributed by atoms with Gasteiger partial charge in [-0.3, -0.25) is 0 Å². The lowest BCUT2D eigenvalue weighted by atomic mass is 10.1. The second-order valence-corrected chi connectivity index (χ2v) is 7.36. The molecule has 0 unspecified atom stereocenters. The van der Waals surface area contributed by atoms with Crippen molar-refractivity contribution in [1.29, 1.82) is 0 Å². The molecule has 1 aromatic heterocycles. The van der Waals surface area contributed by atoms with Gasteiger partial charge in [0.25, 0.3) is 0 Å². The van der Waals surface area contributed by atoms with Crippen molar-refractivity contribution >= 4 is 11.8 Å². The Labute approximate surface area is 159 Å². The Morgan fingerprint density at radius 2 is 1.81 bits per heavy atom. The summed E-state index contributed by atoms with van der Waals surface area (Å²) in [7, 11) is 0. The second kappa shape index (κ2) is 8.41. The number of nitrogens with zero attached hydrogens (tertiary/aromatic N) is 3.